The Morgan fingerprint density at radius 1 is 0.968 bits per heavy atom. The molecule has 3 aromatic carbocycles. The highest BCUT2D eigenvalue weighted by Crippen LogP contribution is 2.19. The molecule has 0 fully saturated rings. The third-order valence-electron chi connectivity index (χ3n) is 4.97. The van der Waals surface area contributed by atoms with Crippen LogP contribution in [0.15, 0.2) is 83.4 Å². The van der Waals surface area contributed by atoms with E-state index >= 15 is 0 Å². The molecule has 0 aliphatic heterocycles. The largest absolute Gasteiger partial charge is 0.339 e. The maximum absolute atomic E-state index is 13.2. The predicted molar refractivity (Wildman–Crippen MR) is 121 cm³/mol. The number of carbonyl (C=O) groups excluding carboxylic acids is 1. The summed E-state index contributed by atoms with van der Waals surface area (Å²) in [6, 6.07) is 24.8. The average Bonchev–Trinajstić information content (AvgIpc) is 3.27. The molecule has 0 N–H and O–H groups in total. The molecule has 156 valence electrons. The molecule has 0 aliphatic rings. The minimum absolute atomic E-state index is 0.0266. The summed E-state index contributed by atoms with van der Waals surface area (Å²) in [6.45, 7) is 2.97. The number of amides is 1. The van der Waals surface area contributed by atoms with Gasteiger partial charge in [-0.05, 0) is 48.9 Å². The third-order valence-corrected chi connectivity index (χ3v) is 5.22. The van der Waals surface area contributed by atoms with Gasteiger partial charge in [0.25, 0.3) is 5.91 Å². The van der Waals surface area contributed by atoms with Crippen LogP contribution in [0.5, 0.6) is 0 Å². The number of benzene rings is 3. The number of nitrogens with zero attached hydrogens (tertiary/aromatic N) is 3. The fourth-order valence-corrected chi connectivity index (χ4v) is 3.36. The zero-order valence-electron chi connectivity index (χ0n) is 17.2. The molecule has 6 heteroatoms. The van der Waals surface area contributed by atoms with Crippen LogP contribution in [-0.4, -0.2) is 27.5 Å². The first kappa shape index (κ1) is 20.8. The van der Waals surface area contributed by atoms with Crippen molar-refractivity contribution in [3.05, 3.63) is 106 Å². The summed E-state index contributed by atoms with van der Waals surface area (Å²) in [6.07, 6.45) is 0.463. The fourth-order valence-electron chi connectivity index (χ4n) is 3.24. The molecular weight excluding hydrogens is 410 g/mol. The van der Waals surface area contributed by atoms with Gasteiger partial charge in [0.2, 0.25) is 11.7 Å². The topological polar surface area (TPSA) is 59.2 Å². The Morgan fingerprint density at radius 2 is 1.68 bits per heavy atom. The highest BCUT2D eigenvalue weighted by atomic mass is 35.5. The Morgan fingerprint density at radius 3 is 2.39 bits per heavy atom. The lowest BCUT2D eigenvalue weighted by molar-refractivity contribution is 0.0741. The van der Waals surface area contributed by atoms with Gasteiger partial charge in [-0.25, -0.2) is 0 Å². The van der Waals surface area contributed by atoms with Crippen LogP contribution in [0.4, 0.5) is 0 Å². The van der Waals surface area contributed by atoms with Crippen LogP contribution in [0.1, 0.15) is 27.4 Å². The smallest absolute Gasteiger partial charge is 0.254 e. The fraction of sp³-hybridized carbons (Fsp3) is 0.160. The quantitative estimate of drug-likeness (QED) is 0.383. The average molecular weight is 432 g/mol. The standard InChI is InChI=1S/C25H22ClN3O2/c1-18-7-9-21(10-8-18)25(30)29(17-19-5-3-2-4-6-19)16-15-23-27-24(28-31-23)20-11-13-22(26)14-12-20/h2-14H,15-17H2,1H3. The SMILES string of the molecule is Cc1ccc(C(=O)N(CCc2nc(-c3ccc(Cl)cc3)no2)Cc2ccccc2)cc1. The molecule has 1 amide bonds. The van der Waals surface area contributed by atoms with Gasteiger partial charge in [-0.15, -0.1) is 0 Å². The van der Waals surface area contributed by atoms with Crippen LogP contribution < -0.4 is 0 Å². The van der Waals surface area contributed by atoms with Crippen LogP contribution >= 0.6 is 11.6 Å². The van der Waals surface area contributed by atoms with Crippen molar-refractivity contribution in [2.24, 2.45) is 0 Å². The van der Waals surface area contributed by atoms with E-state index in [2.05, 4.69) is 10.1 Å². The van der Waals surface area contributed by atoms with E-state index in [1.54, 1.807) is 12.1 Å². The molecule has 0 aliphatic carbocycles. The van der Waals surface area contributed by atoms with Gasteiger partial charge in [0.05, 0.1) is 0 Å². The van der Waals surface area contributed by atoms with Crippen molar-refractivity contribution >= 4 is 17.5 Å². The molecule has 4 rings (SSSR count). The van der Waals surface area contributed by atoms with E-state index in [0.29, 0.717) is 41.8 Å². The van der Waals surface area contributed by atoms with Gasteiger partial charge in [0.15, 0.2) is 0 Å². The Kier molecular flexibility index (Phi) is 6.43. The van der Waals surface area contributed by atoms with E-state index in [4.69, 9.17) is 16.1 Å². The van der Waals surface area contributed by atoms with Crippen LogP contribution in [0.2, 0.25) is 5.02 Å². The number of aromatic nitrogens is 2. The second kappa shape index (κ2) is 9.58. The monoisotopic (exact) mass is 431 g/mol. The Balaban J connectivity index is 1.50. The van der Waals surface area contributed by atoms with Gasteiger partial charge in [0.1, 0.15) is 0 Å². The van der Waals surface area contributed by atoms with Gasteiger partial charge < -0.3 is 9.42 Å². The number of carbonyl (C=O) groups is 1. The van der Waals surface area contributed by atoms with Gasteiger partial charge in [-0.2, -0.15) is 4.98 Å². The number of hydrogen-bond donors (Lipinski definition) is 0. The van der Waals surface area contributed by atoms with E-state index in [1.807, 2.05) is 78.6 Å². The first-order valence-corrected chi connectivity index (χ1v) is 10.4. The lowest BCUT2D eigenvalue weighted by Gasteiger charge is -2.22. The number of aryl methyl sites for hydroxylation is 1. The van der Waals surface area contributed by atoms with Gasteiger partial charge in [-0.3, -0.25) is 4.79 Å². The van der Waals surface area contributed by atoms with Crippen LogP contribution in [-0.2, 0) is 13.0 Å². The Labute approximate surface area is 186 Å². The molecule has 1 heterocycles. The van der Waals surface area contributed by atoms with E-state index in [-0.39, 0.29) is 5.91 Å². The molecule has 1 aromatic heterocycles. The minimum Gasteiger partial charge on any atom is -0.339 e. The zero-order valence-corrected chi connectivity index (χ0v) is 17.9. The molecule has 5 nitrogen and oxygen atoms in total. The number of rotatable bonds is 7. The highest BCUT2D eigenvalue weighted by molar-refractivity contribution is 6.30. The van der Waals surface area contributed by atoms with Crippen LogP contribution in [0.25, 0.3) is 11.4 Å². The van der Waals surface area contributed by atoms with Crippen molar-refractivity contribution < 1.29 is 9.32 Å². The molecule has 31 heavy (non-hydrogen) atoms. The van der Waals surface area contributed by atoms with E-state index in [9.17, 15) is 4.79 Å². The van der Waals surface area contributed by atoms with Gasteiger partial charge in [0, 0.05) is 35.7 Å². The second-order valence-corrected chi connectivity index (χ2v) is 7.78. The number of hydrogen-bond acceptors (Lipinski definition) is 4. The zero-order chi connectivity index (χ0) is 21.6. The molecular formula is C25H22ClN3O2. The predicted octanol–water partition coefficient (Wildman–Crippen LogP) is 5.58. The van der Waals surface area contributed by atoms with Crippen molar-refractivity contribution in [1.82, 2.24) is 15.0 Å². The third kappa shape index (κ3) is 5.38. The summed E-state index contributed by atoms with van der Waals surface area (Å²) in [5.74, 6) is 0.965. The molecule has 0 bridgehead atoms. The summed E-state index contributed by atoms with van der Waals surface area (Å²) >= 11 is 5.94. The number of halogens is 1. The van der Waals surface area contributed by atoms with Crippen molar-refractivity contribution in [3.63, 3.8) is 0 Å². The van der Waals surface area contributed by atoms with Gasteiger partial charge >= 0.3 is 0 Å². The first-order valence-electron chi connectivity index (χ1n) is 10.1. The molecule has 0 unspecified atom stereocenters. The van der Waals surface area contributed by atoms with Crippen LogP contribution in [0, 0.1) is 6.92 Å². The van der Waals surface area contributed by atoms with E-state index < -0.39 is 0 Å². The molecule has 0 saturated heterocycles. The normalized spacial score (nSPS) is 10.8. The molecule has 0 atom stereocenters. The van der Waals surface area contributed by atoms with Gasteiger partial charge in [-0.1, -0.05) is 64.8 Å². The summed E-state index contributed by atoms with van der Waals surface area (Å²) < 4.78 is 5.42. The maximum Gasteiger partial charge on any atom is 0.254 e. The first-order chi connectivity index (χ1) is 15.1. The van der Waals surface area contributed by atoms with Crippen LogP contribution in [0.3, 0.4) is 0 Å². The van der Waals surface area contributed by atoms with Crippen molar-refractivity contribution in [2.45, 2.75) is 19.9 Å². The Hall–Kier alpha value is -3.44. The minimum atomic E-state index is -0.0266. The Bertz CT molecular complexity index is 1140. The molecule has 0 spiro atoms. The second-order valence-electron chi connectivity index (χ2n) is 7.35. The highest BCUT2D eigenvalue weighted by Gasteiger charge is 2.18. The van der Waals surface area contributed by atoms with E-state index in [0.717, 1.165) is 16.7 Å². The van der Waals surface area contributed by atoms with Crippen molar-refractivity contribution in [3.8, 4) is 11.4 Å². The summed E-state index contributed by atoms with van der Waals surface area (Å²) in [7, 11) is 0. The molecule has 0 saturated carbocycles. The molecule has 4 aromatic rings. The maximum atomic E-state index is 13.2. The van der Waals surface area contributed by atoms with E-state index in [1.165, 1.54) is 0 Å². The summed E-state index contributed by atoms with van der Waals surface area (Å²) in [5, 5.41) is 4.71. The lowest BCUT2D eigenvalue weighted by atomic mass is 10.1. The summed E-state index contributed by atoms with van der Waals surface area (Å²) in [5.41, 5.74) is 3.67. The van der Waals surface area contributed by atoms with Crippen molar-refractivity contribution in [2.75, 3.05) is 6.54 Å². The lowest BCUT2D eigenvalue weighted by Crippen LogP contribution is -2.32. The summed E-state index contributed by atoms with van der Waals surface area (Å²) in [4.78, 5) is 19.5. The van der Waals surface area contributed by atoms with Crippen molar-refractivity contribution in [1.29, 1.82) is 0 Å². The molecule has 0 radical (unpaired) electrons.